The van der Waals surface area contributed by atoms with Gasteiger partial charge in [-0.1, -0.05) is 275 Å². The number of ether oxygens (including phenoxy) is 3. The number of hydrogen-bond donors (Lipinski definition) is 0. The van der Waals surface area contributed by atoms with Crippen molar-refractivity contribution in [3.8, 4) is 0 Å². The van der Waals surface area contributed by atoms with Gasteiger partial charge in [0.2, 0.25) is 0 Å². The molecule has 0 aliphatic rings. The number of allylic oxidation sites excluding steroid dienone is 26. The summed E-state index contributed by atoms with van der Waals surface area (Å²) in [5.74, 6) is -0.952. The van der Waals surface area contributed by atoms with Crippen LogP contribution in [0.15, 0.2) is 158 Å². The first-order chi connectivity index (χ1) is 39.0. The number of unbranched alkanes of at least 4 members (excludes halogenated alkanes) is 19. The summed E-state index contributed by atoms with van der Waals surface area (Å²) in [4.78, 5) is 38.2. The summed E-state index contributed by atoms with van der Waals surface area (Å²) in [7, 11) is 0. The molecule has 0 fully saturated rings. The first-order valence-electron chi connectivity index (χ1n) is 32.0. The molecule has 6 nitrogen and oxygen atoms in total. The molecular formula is C73H116O6. The molecule has 6 heteroatoms. The van der Waals surface area contributed by atoms with Gasteiger partial charge in [0.1, 0.15) is 13.2 Å². The molecular weight excluding hydrogens is 973 g/mol. The monoisotopic (exact) mass is 1090 g/mol. The van der Waals surface area contributed by atoms with Gasteiger partial charge in [-0.2, -0.15) is 0 Å². The largest absolute Gasteiger partial charge is 0.462 e. The highest BCUT2D eigenvalue weighted by Crippen LogP contribution is 2.14. The lowest BCUT2D eigenvalue weighted by molar-refractivity contribution is -0.167. The number of rotatable bonds is 56. The van der Waals surface area contributed by atoms with E-state index in [1.807, 2.05) is 0 Å². The summed E-state index contributed by atoms with van der Waals surface area (Å²) >= 11 is 0. The quantitative estimate of drug-likeness (QED) is 0.0261. The van der Waals surface area contributed by atoms with E-state index in [1.165, 1.54) is 64.2 Å². The van der Waals surface area contributed by atoms with Crippen LogP contribution in [0.2, 0.25) is 0 Å². The molecule has 0 saturated heterocycles. The summed E-state index contributed by atoms with van der Waals surface area (Å²) in [6.07, 6.45) is 95.3. The van der Waals surface area contributed by atoms with Crippen LogP contribution in [0.5, 0.6) is 0 Å². The van der Waals surface area contributed by atoms with Crippen molar-refractivity contribution in [3.05, 3.63) is 158 Å². The Morgan fingerprint density at radius 1 is 0.266 bits per heavy atom. The Labute approximate surface area is 486 Å². The molecule has 0 aliphatic carbocycles. The molecule has 79 heavy (non-hydrogen) atoms. The topological polar surface area (TPSA) is 78.9 Å². The average Bonchev–Trinajstić information content (AvgIpc) is 3.45. The molecule has 0 rings (SSSR count). The van der Waals surface area contributed by atoms with Crippen molar-refractivity contribution in [1.82, 2.24) is 0 Å². The van der Waals surface area contributed by atoms with Crippen LogP contribution in [0.4, 0.5) is 0 Å². The lowest BCUT2D eigenvalue weighted by atomic mass is 10.1. The summed E-state index contributed by atoms with van der Waals surface area (Å²) < 4.78 is 16.9. The van der Waals surface area contributed by atoms with Gasteiger partial charge in [-0.3, -0.25) is 14.4 Å². The number of carbonyl (C=O) groups is 3. The molecule has 0 radical (unpaired) electrons. The molecule has 0 bridgehead atoms. The van der Waals surface area contributed by atoms with Gasteiger partial charge < -0.3 is 14.2 Å². The van der Waals surface area contributed by atoms with E-state index in [2.05, 4.69) is 179 Å². The van der Waals surface area contributed by atoms with Crippen molar-refractivity contribution in [2.75, 3.05) is 13.2 Å². The SMILES string of the molecule is CC/C=C\C/C=C\C/C=C\C/C=C\C/C=C\C/C=C\C/C=C\C/C=C\CCCCCCCCC(=O)OCC(COC(=O)CCCCCCCCCCCCC)OC(=O)CCCCC/C=C\C/C=C\C/C=C\C/C=C\C/C=C\CC. The Morgan fingerprint density at radius 3 is 0.785 bits per heavy atom. The van der Waals surface area contributed by atoms with Gasteiger partial charge in [0.05, 0.1) is 0 Å². The average molecular weight is 1090 g/mol. The van der Waals surface area contributed by atoms with E-state index in [4.69, 9.17) is 14.2 Å². The fraction of sp³-hybridized carbons (Fsp3) is 0.603. The van der Waals surface area contributed by atoms with E-state index in [9.17, 15) is 14.4 Å². The Bertz CT molecular complexity index is 1780. The minimum atomic E-state index is -0.808. The van der Waals surface area contributed by atoms with Crippen molar-refractivity contribution >= 4 is 17.9 Å². The maximum absolute atomic E-state index is 12.9. The summed E-state index contributed by atoms with van der Waals surface area (Å²) in [5, 5.41) is 0. The molecule has 0 amide bonds. The minimum absolute atomic E-state index is 0.100. The fourth-order valence-corrected chi connectivity index (χ4v) is 8.31. The first-order valence-corrected chi connectivity index (χ1v) is 32.0. The van der Waals surface area contributed by atoms with Crippen LogP contribution in [0.3, 0.4) is 0 Å². The Hall–Kier alpha value is -4.97. The van der Waals surface area contributed by atoms with Crippen LogP contribution in [0.25, 0.3) is 0 Å². The van der Waals surface area contributed by atoms with E-state index in [0.717, 1.165) is 161 Å². The van der Waals surface area contributed by atoms with Crippen molar-refractivity contribution in [2.24, 2.45) is 0 Å². The van der Waals surface area contributed by atoms with Crippen LogP contribution in [0, 0.1) is 0 Å². The second-order valence-corrected chi connectivity index (χ2v) is 20.6. The van der Waals surface area contributed by atoms with Crippen molar-refractivity contribution in [3.63, 3.8) is 0 Å². The Balaban J connectivity index is 4.37. The second kappa shape index (κ2) is 65.5. The van der Waals surface area contributed by atoms with Crippen LogP contribution in [0.1, 0.15) is 265 Å². The van der Waals surface area contributed by atoms with Gasteiger partial charge in [-0.25, -0.2) is 0 Å². The van der Waals surface area contributed by atoms with Gasteiger partial charge in [-0.05, 0) is 128 Å². The molecule has 0 spiro atoms. The van der Waals surface area contributed by atoms with E-state index < -0.39 is 6.10 Å². The summed E-state index contributed by atoms with van der Waals surface area (Å²) in [6, 6.07) is 0. The Morgan fingerprint density at radius 2 is 0.494 bits per heavy atom. The zero-order valence-corrected chi connectivity index (χ0v) is 50.8. The second-order valence-electron chi connectivity index (χ2n) is 20.6. The van der Waals surface area contributed by atoms with Gasteiger partial charge >= 0.3 is 17.9 Å². The molecule has 1 unspecified atom stereocenters. The molecule has 1 atom stereocenters. The van der Waals surface area contributed by atoms with E-state index in [0.29, 0.717) is 12.8 Å². The van der Waals surface area contributed by atoms with E-state index in [-0.39, 0.29) is 37.5 Å². The van der Waals surface area contributed by atoms with Crippen LogP contribution >= 0.6 is 0 Å². The zero-order valence-electron chi connectivity index (χ0n) is 50.8. The first kappa shape index (κ1) is 74.0. The molecule has 0 aromatic heterocycles. The molecule has 0 aromatic carbocycles. The maximum atomic E-state index is 12.9. The van der Waals surface area contributed by atoms with Crippen molar-refractivity contribution in [2.45, 2.75) is 271 Å². The van der Waals surface area contributed by atoms with Gasteiger partial charge in [0, 0.05) is 19.3 Å². The molecule has 0 heterocycles. The maximum Gasteiger partial charge on any atom is 0.306 e. The number of hydrogen-bond acceptors (Lipinski definition) is 6. The highest BCUT2D eigenvalue weighted by molar-refractivity contribution is 5.71. The molecule has 444 valence electrons. The highest BCUT2D eigenvalue weighted by atomic mass is 16.6. The molecule has 0 N–H and O–H groups in total. The zero-order chi connectivity index (χ0) is 57.1. The molecule has 0 aromatic rings. The third-order valence-corrected chi connectivity index (χ3v) is 13.0. The van der Waals surface area contributed by atoms with E-state index >= 15 is 0 Å². The normalized spacial score (nSPS) is 13.2. The smallest absolute Gasteiger partial charge is 0.306 e. The predicted octanol–water partition coefficient (Wildman–Crippen LogP) is 22.1. The van der Waals surface area contributed by atoms with Crippen molar-refractivity contribution < 1.29 is 28.6 Å². The third-order valence-electron chi connectivity index (χ3n) is 13.0. The highest BCUT2D eigenvalue weighted by Gasteiger charge is 2.19. The lowest BCUT2D eigenvalue weighted by Gasteiger charge is -2.18. The predicted molar refractivity (Wildman–Crippen MR) is 343 cm³/mol. The van der Waals surface area contributed by atoms with Gasteiger partial charge in [0.25, 0.3) is 0 Å². The van der Waals surface area contributed by atoms with Gasteiger partial charge in [-0.15, -0.1) is 0 Å². The van der Waals surface area contributed by atoms with E-state index in [1.54, 1.807) is 0 Å². The van der Waals surface area contributed by atoms with Gasteiger partial charge in [0.15, 0.2) is 6.10 Å². The lowest BCUT2D eigenvalue weighted by Crippen LogP contribution is -2.30. The summed E-state index contributed by atoms with van der Waals surface area (Å²) in [5.41, 5.74) is 0. The molecule has 0 saturated carbocycles. The number of esters is 3. The number of carbonyl (C=O) groups excluding carboxylic acids is 3. The Kier molecular flexibility index (Phi) is 61.4. The van der Waals surface area contributed by atoms with Crippen LogP contribution in [-0.2, 0) is 28.6 Å². The minimum Gasteiger partial charge on any atom is -0.462 e. The fourth-order valence-electron chi connectivity index (χ4n) is 8.31. The van der Waals surface area contributed by atoms with Crippen LogP contribution in [-0.4, -0.2) is 37.2 Å². The standard InChI is InChI=1S/C73H116O6/c1-4-7-10-13-16-19-22-24-26-28-30-31-32-33-34-35-36-37-38-39-40-41-43-44-46-48-51-54-57-60-63-66-72(75)78-69-70(68-77-71(74)65-62-59-56-53-50-21-18-15-12-9-6-3)79-73(76)67-64-61-58-55-52-49-47-45-42-29-27-25-23-20-17-14-11-8-5-2/h7-8,10-11,16-17,19-20,24-27,30-31,33-34,36-37,39-40,42-45,49,52,70H,4-6,9,12-15,18,21-23,28-29,32,35,38,41,46-48,50-51,53-69H2,1-3H3/b10-7-,11-8-,19-16-,20-17-,26-24-,27-25-,31-30-,34-33-,37-36-,40-39-,44-43-,45-42-,52-49-. The third kappa shape index (κ3) is 63.7. The molecule has 0 aliphatic heterocycles. The van der Waals surface area contributed by atoms with Crippen LogP contribution < -0.4 is 0 Å². The summed E-state index contributed by atoms with van der Waals surface area (Å²) in [6.45, 7) is 6.36. The van der Waals surface area contributed by atoms with Crippen molar-refractivity contribution in [1.29, 1.82) is 0 Å².